The predicted molar refractivity (Wildman–Crippen MR) is 154 cm³/mol. The summed E-state index contributed by atoms with van der Waals surface area (Å²) < 4.78 is 2.22. The summed E-state index contributed by atoms with van der Waals surface area (Å²) in [7, 11) is 0. The largest absolute Gasteiger partial charge is 0.309 e. The number of carbonyl (C=O) groups excluding carboxylic acids is 2. The van der Waals surface area contributed by atoms with Gasteiger partial charge in [0.2, 0.25) is 0 Å². The second-order valence-electron chi connectivity index (χ2n) is 10.6. The summed E-state index contributed by atoms with van der Waals surface area (Å²) >= 11 is 0. The Morgan fingerprint density at radius 1 is 0.658 bits per heavy atom. The van der Waals surface area contributed by atoms with E-state index in [1.165, 1.54) is 5.56 Å². The van der Waals surface area contributed by atoms with Gasteiger partial charge < -0.3 is 4.57 Å². The lowest BCUT2D eigenvalue weighted by Crippen LogP contribution is -2.22. The van der Waals surface area contributed by atoms with Gasteiger partial charge in [-0.1, -0.05) is 75.5 Å². The summed E-state index contributed by atoms with van der Waals surface area (Å²) in [5, 5.41) is 1.10. The number of fused-ring (bicyclic) bond motifs is 6. The lowest BCUT2D eigenvalue weighted by Gasteiger charge is -2.24. The molecule has 0 spiro atoms. The molecule has 38 heavy (non-hydrogen) atoms. The summed E-state index contributed by atoms with van der Waals surface area (Å²) in [4.78, 5) is 27.0. The first-order chi connectivity index (χ1) is 18.4. The Bertz CT molecular complexity index is 1900. The number of para-hydroxylation sites is 1. The molecule has 2 aliphatic carbocycles. The van der Waals surface area contributed by atoms with E-state index in [9.17, 15) is 9.59 Å². The van der Waals surface area contributed by atoms with Gasteiger partial charge in [0.15, 0.2) is 11.6 Å². The highest BCUT2D eigenvalue weighted by atomic mass is 16.1. The molecular weight excluding hydrogens is 466 g/mol. The minimum atomic E-state index is -0.351. The van der Waals surface area contributed by atoms with E-state index < -0.39 is 0 Å². The van der Waals surface area contributed by atoms with Crippen molar-refractivity contribution in [3.8, 4) is 16.8 Å². The van der Waals surface area contributed by atoms with E-state index in [2.05, 4.69) is 55.8 Å². The molecule has 182 valence electrons. The van der Waals surface area contributed by atoms with Crippen LogP contribution in [0.1, 0.15) is 68.1 Å². The van der Waals surface area contributed by atoms with Crippen LogP contribution in [0.3, 0.4) is 0 Å². The first-order valence-electron chi connectivity index (χ1n) is 12.8. The van der Waals surface area contributed by atoms with Crippen LogP contribution in [0.2, 0.25) is 0 Å². The minimum Gasteiger partial charge on any atom is -0.309 e. The molecule has 2 aliphatic rings. The van der Waals surface area contributed by atoms with Gasteiger partial charge in [-0.25, -0.2) is 0 Å². The number of benzene rings is 4. The normalized spacial score (nSPS) is 14.6. The van der Waals surface area contributed by atoms with Gasteiger partial charge in [0.05, 0.1) is 11.2 Å². The van der Waals surface area contributed by atoms with Crippen LogP contribution in [0.5, 0.6) is 0 Å². The maximum absolute atomic E-state index is 13.5. The Morgan fingerprint density at radius 2 is 1.24 bits per heavy atom. The van der Waals surface area contributed by atoms with Crippen molar-refractivity contribution in [2.24, 2.45) is 0 Å². The fraction of sp³-hybridized carbons (Fsp3) is 0.0857. The van der Waals surface area contributed by atoms with Crippen LogP contribution in [0.25, 0.3) is 39.9 Å². The van der Waals surface area contributed by atoms with Crippen LogP contribution >= 0.6 is 0 Å². The van der Waals surface area contributed by atoms with Crippen LogP contribution in [-0.2, 0) is 5.41 Å². The Balaban J connectivity index is 1.55. The quantitative estimate of drug-likeness (QED) is 0.252. The standard InChI is InChI=1S/C35H25NO2/c1-5-21-26-17-29-25(19-32(26)36(31(21)6-2)20-12-8-7-9-13-20)24-16-27-28(18-30(24)35(29,3)4)34(38)23-15-11-10-14-22(23)33(27)37/h5-19H,1-2H2,3-4H3. The van der Waals surface area contributed by atoms with Gasteiger partial charge in [-0.3, -0.25) is 9.59 Å². The van der Waals surface area contributed by atoms with Crippen molar-refractivity contribution in [1.82, 2.24) is 4.57 Å². The Kier molecular flexibility index (Phi) is 4.50. The zero-order chi connectivity index (χ0) is 26.3. The van der Waals surface area contributed by atoms with Crippen molar-refractivity contribution in [3.63, 3.8) is 0 Å². The molecule has 1 aromatic heterocycles. The van der Waals surface area contributed by atoms with E-state index in [0.29, 0.717) is 22.3 Å². The third-order valence-electron chi connectivity index (χ3n) is 8.30. The third kappa shape index (κ3) is 2.73. The van der Waals surface area contributed by atoms with Crippen LogP contribution in [0, 0.1) is 0 Å². The van der Waals surface area contributed by atoms with E-state index >= 15 is 0 Å². The molecule has 0 saturated heterocycles. The van der Waals surface area contributed by atoms with Crippen molar-refractivity contribution in [3.05, 3.63) is 137 Å². The summed E-state index contributed by atoms with van der Waals surface area (Å²) in [6, 6.07) is 25.7. The van der Waals surface area contributed by atoms with Gasteiger partial charge in [-0.05, 0) is 64.7 Å². The van der Waals surface area contributed by atoms with Crippen molar-refractivity contribution in [2.75, 3.05) is 0 Å². The molecule has 0 unspecified atom stereocenters. The smallest absolute Gasteiger partial charge is 0.194 e. The number of nitrogens with zero attached hydrogens (tertiary/aromatic N) is 1. The van der Waals surface area contributed by atoms with Crippen LogP contribution in [0.15, 0.2) is 92.0 Å². The summed E-state index contributed by atoms with van der Waals surface area (Å²) in [6.07, 6.45) is 3.78. The number of hydrogen-bond acceptors (Lipinski definition) is 2. The van der Waals surface area contributed by atoms with E-state index in [-0.39, 0.29) is 17.0 Å². The number of rotatable bonds is 3. The number of aromatic nitrogens is 1. The molecule has 0 radical (unpaired) electrons. The van der Waals surface area contributed by atoms with E-state index in [1.54, 1.807) is 12.1 Å². The van der Waals surface area contributed by atoms with Gasteiger partial charge in [0.25, 0.3) is 0 Å². The van der Waals surface area contributed by atoms with Gasteiger partial charge in [0, 0.05) is 44.3 Å². The third-order valence-corrected chi connectivity index (χ3v) is 8.30. The second-order valence-corrected chi connectivity index (χ2v) is 10.6. The molecule has 4 aromatic carbocycles. The summed E-state index contributed by atoms with van der Waals surface area (Å²) in [5.74, 6) is -0.184. The molecular formula is C35H25NO2. The fourth-order valence-corrected chi connectivity index (χ4v) is 6.42. The molecule has 0 aliphatic heterocycles. The van der Waals surface area contributed by atoms with Crippen molar-refractivity contribution in [2.45, 2.75) is 19.3 Å². The maximum atomic E-state index is 13.5. The Morgan fingerprint density at radius 3 is 1.87 bits per heavy atom. The molecule has 0 N–H and O–H groups in total. The van der Waals surface area contributed by atoms with E-state index in [0.717, 1.165) is 44.5 Å². The number of ketones is 2. The van der Waals surface area contributed by atoms with Crippen molar-refractivity contribution in [1.29, 1.82) is 0 Å². The van der Waals surface area contributed by atoms with Crippen LogP contribution < -0.4 is 0 Å². The van der Waals surface area contributed by atoms with E-state index in [1.807, 2.05) is 54.6 Å². The first-order valence-corrected chi connectivity index (χ1v) is 12.8. The molecule has 0 fully saturated rings. The molecule has 0 bridgehead atoms. The summed E-state index contributed by atoms with van der Waals surface area (Å²) in [5.41, 5.74) is 10.0. The fourth-order valence-electron chi connectivity index (χ4n) is 6.42. The first kappa shape index (κ1) is 22.4. The molecule has 1 heterocycles. The predicted octanol–water partition coefficient (Wildman–Crippen LogP) is 8.00. The zero-order valence-corrected chi connectivity index (χ0v) is 21.3. The average Bonchev–Trinajstić information content (AvgIpc) is 3.37. The lowest BCUT2D eigenvalue weighted by atomic mass is 9.78. The van der Waals surface area contributed by atoms with Gasteiger partial charge in [-0.15, -0.1) is 0 Å². The molecule has 7 rings (SSSR count). The van der Waals surface area contributed by atoms with Crippen LogP contribution in [-0.4, -0.2) is 16.1 Å². The molecule has 0 amide bonds. The number of hydrogen-bond donors (Lipinski definition) is 0. The minimum absolute atomic E-state index is 0.0880. The molecule has 0 saturated carbocycles. The molecule has 0 atom stereocenters. The Labute approximate surface area is 221 Å². The molecule has 5 aromatic rings. The van der Waals surface area contributed by atoms with E-state index in [4.69, 9.17) is 0 Å². The lowest BCUT2D eigenvalue weighted by molar-refractivity contribution is 0.0979. The van der Waals surface area contributed by atoms with Crippen LogP contribution in [0.4, 0.5) is 0 Å². The van der Waals surface area contributed by atoms with Crippen molar-refractivity contribution < 1.29 is 9.59 Å². The monoisotopic (exact) mass is 491 g/mol. The van der Waals surface area contributed by atoms with Gasteiger partial charge in [-0.2, -0.15) is 0 Å². The topological polar surface area (TPSA) is 39.1 Å². The highest BCUT2D eigenvalue weighted by molar-refractivity contribution is 6.29. The van der Waals surface area contributed by atoms with Gasteiger partial charge >= 0.3 is 0 Å². The summed E-state index contributed by atoms with van der Waals surface area (Å²) in [6.45, 7) is 12.6. The second kappa shape index (κ2) is 7.62. The highest BCUT2D eigenvalue weighted by Crippen LogP contribution is 2.52. The Hall–Kier alpha value is -4.76. The van der Waals surface area contributed by atoms with Gasteiger partial charge in [0.1, 0.15) is 0 Å². The zero-order valence-electron chi connectivity index (χ0n) is 21.3. The average molecular weight is 492 g/mol. The molecule has 3 heteroatoms. The number of carbonyl (C=O) groups is 2. The SMILES string of the molecule is C=Cc1c(C=C)n(-c2ccccc2)c2cc3c(cc12)C(C)(C)c1cc2c(cc1-3)C(=O)c1ccccc1C2=O. The molecule has 3 nitrogen and oxygen atoms in total. The van der Waals surface area contributed by atoms with Crippen molar-refractivity contribution >= 4 is 34.6 Å². The highest BCUT2D eigenvalue weighted by Gasteiger charge is 2.40. The maximum Gasteiger partial charge on any atom is 0.194 e.